The van der Waals surface area contributed by atoms with Crippen LogP contribution < -0.4 is 4.74 Å². The number of alkyl halides is 3. The molecule has 166 valence electrons. The van der Waals surface area contributed by atoms with Crippen molar-refractivity contribution in [3.8, 4) is 11.9 Å². The Labute approximate surface area is 180 Å². The molecule has 0 aromatic heterocycles. The molecule has 1 atom stereocenters. The van der Waals surface area contributed by atoms with Gasteiger partial charge in [-0.25, -0.2) is 0 Å². The molecule has 0 aliphatic heterocycles. The predicted molar refractivity (Wildman–Crippen MR) is 109 cm³/mol. The third kappa shape index (κ3) is 7.85. The Hall–Kier alpha value is -3.21. The number of halogens is 3. The van der Waals surface area contributed by atoms with Gasteiger partial charge in [0.15, 0.2) is 6.19 Å². The number of benzene rings is 2. The molecule has 0 amide bonds. The average Bonchev–Trinajstić information content (AvgIpc) is 2.71. The lowest BCUT2D eigenvalue weighted by molar-refractivity contribution is -0.165. The Morgan fingerprint density at radius 3 is 2.13 bits per heavy atom. The summed E-state index contributed by atoms with van der Waals surface area (Å²) in [5.41, 5.74) is 0.880. The molecule has 0 heterocycles. The van der Waals surface area contributed by atoms with Gasteiger partial charge in [-0.3, -0.25) is 4.79 Å². The number of rotatable bonds is 9. The summed E-state index contributed by atoms with van der Waals surface area (Å²) >= 11 is 0. The Bertz CT molecular complexity index is 888. The zero-order valence-corrected chi connectivity index (χ0v) is 17.6. The van der Waals surface area contributed by atoms with Gasteiger partial charge in [-0.2, -0.15) is 18.4 Å². The molecule has 0 bridgehead atoms. The maximum atomic E-state index is 12.6. The molecule has 2 aromatic carbocycles. The molecule has 8 heteroatoms. The molecule has 0 N–H and O–H groups in total. The van der Waals surface area contributed by atoms with Gasteiger partial charge >= 0.3 is 12.1 Å². The summed E-state index contributed by atoms with van der Waals surface area (Å²) in [6.07, 6.45) is -2.44. The molecule has 1 unspecified atom stereocenters. The van der Waals surface area contributed by atoms with Crippen LogP contribution in [0.1, 0.15) is 37.5 Å². The van der Waals surface area contributed by atoms with Crippen molar-refractivity contribution >= 4 is 5.97 Å². The number of hydrogen-bond donors (Lipinski definition) is 0. The number of ether oxygens (including phenoxy) is 2. The highest BCUT2D eigenvalue weighted by atomic mass is 19.4. The van der Waals surface area contributed by atoms with Crippen LogP contribution in [0, 0.1) is 17.4 Å². The quantitative estimate of drug-likeness (QED) is 0.236. The molecule has 0 spiro atoms. The van der Waals surface area contributed by atoms with Crippen LogP contribution in [0.2, 0.25) is 0 Å². The summed E-state index contributed by atoms with van der Waals surface area (Å²) in [4.78, 5) is 13.1. The number of carbonyl (C=O) groups is 1. The van der Waals surface area contributed by atoms with Gasteiger partial charge in [0.05, 0.1) is 18.0 Å². The van der Waals surface area contributed by atoms with Gasteiger partial charge in [-0.05, 0) is 41.8 Å². The van der Waals surface area contributed by atoms with Gasteiger partial charge < -0.3 is 14.4 Å². The van der Waals surface area contributed by atoms with Gasteiger partial charge in [0.2, 0.25) is 6.29 Å². The lowest BCUT2D eigenvalue weighted by Gasteiger charge is -2.18. The zero-order chi connectivity index (χ0) is 23.0. The second kappa shape index (κ2) is 10.7. The van der Waals surface area contributed by atoms with E-state index in [1.807, 2.05) is 12.1 Å². The van der Waals surface area contributed by atoms with E-state index in [0.717, 1.165) is 17.7 Å². The van der Waals surface area contributed by atoms with Crippen LogP contribution in [0.4, 0.5) is 13.2 Å². The molecule has 0 saturated heterocycles. The van der Waals surface area contributed by atoms with Crippen molar-refractivity contribution in [1.82, 2.24) is 4.90 Å². The average molecular weight is 434 g/mol. The van der Waals surface area contributed by atoms with E-state index in [2.05, 4.69) is 6.19 Å². The van der Waals surface area contributed by atoms with Crippen LogP contribution in [-0.4, -0.2) is 23.7 Å². The Balaban J connectivity index is 1.86. The first-order valence-corrected chi connectivity index (χ1v) is 9.85. The maximum Gasteiger partial charge on any atom is 0.416 e. The van der Waals surface area contributed by atoms with Crippen LogP contribution in [0.3, 0.4) is 0 Å². The second-order valence-corrected chi connectivity index (χ2v) is 7.39. The summed E-state index contributed by atoms with van der Waals surface area (Å²) in [6, 6.07) is 12.0. The molecule has 5 nitrogen and oxygen atoms in total. The molecule has 0 aliphatic carbocycles. The molecule has 2 aromatic rings. The van der Waals surface area contributed by atoms with Crippen molar-refractivity contribution < 1.29 is 27.4 Å². The van der Waals surface area contributed by atoms with E-state index in [4.69, 9.17) is 9.47 Å². The summed E-state index contributed by atoms with van der Waals surface area (Å²) < 4.78 is 48.7. The number of nitriles is 1. The fourth-order valence-electron chi connectivity index (χ4n) is 2.70. The number of nitrogens with zero attached hydrogens (tertiary/aromatic N) is 2. The van der Waals surface area contributed by atoms with Crippen molar-refractivity contribution in [3.05, 3.63) is 65.2 Å². The normalized spacial score (nSPS) is 12.2. The first-order valence-electron chi connectivity index (χ1n) is 9.85. The molecule has 0 saturated carbocycles. The molecular weight excluding hydrogens is 409 g/mol. The van der Waals surface area contributed by atoms with E-state index in [1.54, 1.807) is 32.9 Å². The Kier molecular flexibility index (Phi) is 8.31. The molecular formula is C23H25F3N2O3. The first kappa shape index (κ1) is 24.1. The van der Waals surface area contributed by atoms with Crippen LogP contribution in [0.5, 0.6) is 5.75 Å². The van der Waals surface area contributed by atoms with E-state index in [-0.39, 0.29) is 18.4 Å². The fraction of sp³-hybridized carbons (Fsp3) is 0.391. The van der Waals surface area contributed by atoms with E-state index in [0.29, 0.717) is 24.3 Å². The van der Waals surface area contributed by atoms with Gasteiger partial charge in [0.25, 0.3) is 0 Å². The summed E-state index contributed by atoms with van der Waals surface area (Å²) in [5, 5.41) is 9.34. The molecule has 0 fully saturated rings. The number of carbonyl (C=O) groups excluding carboxylic acids is 1. The minimum atomic E-state index is -4.38. The van der Waals surface area contributed by atoms with Crippen molar-refractivity contribution in [2.75, 3.05) is 6.54 Å². The van der Waals surface area contributed by atoms with Gasteiger partial charge in [0.1, 0.15) is 5.75 Å². The molecule has 31 heavy (non-hydrogen) atoms. The highest BCUT2D eigenvalue weighted by Gasteiger charge is 2.29. The van der Waals surface area contributed by atoms with E-state index in [9.17, 15) is 23.2 Å². The zero-order valence-electron chi connectivity index (χ0n) is 17.6. The minimum Gasteiger partial charge on any atom is -0.455 e. The largest absolute Gasteiger partial charge is 0.455 e. The monoisotopic (exact) mass is 434 g/mol. The van der Waals surface area contributed by atoms with Crippen LogP contribution in [0.25, 0.3) is 0 Å². The minimum absolute atomic E-state index is 0.231. The first-order chi connectivity index (χ1) is 14.6. The van der Waals surface area contributed by atoms with Crippen LogP contribution in [-0.2, 0) is 28.7 Å². The third-order valence-electron chi connectivity index (χ3n) is 4.45. The summed E-state index contributed by atoms with van der Waals surface area (Å²) in [5.74, 6) is -0.0254. The van der Waals surface area contributed by atoms with Crippen molar-refractivity contribution in [1.29, 1.82) is 5.26 Å². The lowest BCUT2D eigenvalue weighted by atomic mass is 10.1. The Morgan fingerprint density at radius 1 is 1.03 bits per heavy atom. The third-order valence-corrected chi connectivity index (χ3v) is 4.45. The van der Waals surface area contributed by atoms with Crippen molar-refractivity contribution in [2.24, 2.45) is 5.92 Å². The topological polar surface area (TPSA) is 62.6 Å². The van der Waals surface area contributed by atoms with Crippen molar-refractivity contribution in [3.63, 3.8) is 0 Å². The van der Waals surface area contributed by atoms with E-state index in [1.165, 1.54) is 17.0 Å². The standard InChI is InChI=1S/C23H25F3N2O3/c1-16(2)22(29)31-17(3)30-21-10-6-18(7-11-21)12-13-28(15-27)14-19-4-8-20(9-5-19)23(24,25)26/h4-11,16-17H,12-14H2,1-3H3. The summed E-state index contributed by atoms with van der Waals surface area (Å²) in [6.45, 7) is 5.77. The number of esters is 1. The summed E-state index contributed by atoms with van der Waals surface area (Å²) in [7, 11) is 0. The Morgan fingerprint density at radius 2 is 1.61 bits per heavy atom. The maximum absolute atomic E-state index is 12.6. The smallest absolute Gasteiger partial charge is 0.416 e. The highest BCUT2D eigenvalue weighted by Crippen LogP contribution is 2.29. The van der Waals surface area contributed by atoms with Crippen LogP contribution in [0.15, 0.2) is 48.5 Å². The number of hydrogen-bond acceptors (Lipinski definition) is 5. The molecule has 0 radical (unpaired) electrons. The van der Waals surface area contributed by atoms with Crippen molar-refractivity contribution in [2.45, 2.75) is 46.2 Å². The van der Waals surface area contributed by atoms with Gasteiger partial charge in [0, 0.05) is 13.5 Å². The lowest BCUT2D eigenvalue weighted by Crippen LogP contribution is -2.23. The van der Waals surface area contributed by atoms with Gasteiger partial charge in [-0.1, -0.05) is 38.1 Å². The second-order valence-electron chi connectivity index (χ2n) is 7.39. The van der Waals surface area contributed by atoms with E-state index < -0.39 is 18.0 Å². The highest BCUT2D eigenvalue weighted by molar-refractivity contribution is 5.71. The fourth-order valence-corrected chi connectivity index (χ4v) is 2.70. The van der Waals surface area contributed by atoms with Gasteiger partial charge in [-0.15, -0.1) is 0 Å². The van der Waals surface area contributed by atoms with E-state index >= 15 is 0 Å². The molecule has 0 aliphatic rings. The predicted octanol–water partition coefficient (Wildman–Crippen LogP) is 5.16. The SMILES string of the molecule is CC(OC(=O)C(C)C)Oc1ccc(CCN(C#N)Cc2ccc(C(F)(F)F)cc2)cc1. The van der Waals surface area contributed by atoms with Crippen LogP contribution >= 0.6 is 0 Å². The molecule has 2 rings (SSSR count).